The summed E-state index contributed by atoms with van der Waals surface area (Å²) < 4.78 is 6.56. The van der Waals surface area contributed by atoms with Crippen molar-refractivity contribution in [2.75, 3.05) is 0 Å². The van der Waals surface area contributed by atoms with Gasteiger partial charge in [-0.1, -0.05) is 17.7 Å². The molecule has 0 unspecified atom stereocenters. The number of hydrogen-bond acceptors (Lipinski definition) is 3. The van der Waals surface area contributed by atoms with E-state index in [9.17, 15) is 4.79 Å². The van der Waals surface area contributed by atoms with Gasteiger partial charge in [0.25, 0.3) is 0 Å². The van der Waals surface area contributed by atoms with Crippen molar-refractivity contribution in [2.24, 2.45) is 4.99 Å². The maximum atomic E-state index is 10.8. The van der Waals surface area contributed by atoms with Crippen LogP contribution in [-0.4, -0.2) is 17.3 Å². The van der Waals surface area contributed by atoms with Gasteiger partial charge in [-0.25, -0.2) is 4.79 Å². The van der Waals surface area contributed by atoms with Crippen molar-refractivity contribution >= 4 is 45.4 Å². The molecule has 4 nitrogen and oxygen atoms in total. The molecule has 3 rings (SSSR count). The molecule has 0 amide bonds. The smallest absolute Gasteiger partial charge is 0.335 e. The summed E-state index contributed by atoms with van der Waals surface area (Å²) in [6, 6.07) is 15.5. The number of carboxylic acids is 1. The Morgan fingerprint density at radius 1 is 1.12 bits per heavy atom. The van der Waals surface area contributed by atoms with Crippen LogP contribution in [0.15, 0.2) is 68.5 Å². The molecule has 120 valence electrons. The lowest BCUT2D eigenvalue weighted by molar-refractivity contribution is 0.0697. The van der Waals surface area contributed by atoms with Crippen LogP contribution in [0.25, 0.3) is 11.3 Å². The number of benzene rings is 2. The van der Waals surface area contributed by atoms with Crippen molar-refractivity contribution < 1.29 is 14.3 Å². The van der Waals surface area contributed by atoms with Gasteiger partial charge in [0.05, 0.1) is 22.5 Å². The molecule has 0 aliphatic rings. The Kier molecular flexibility index (Phi) is 4.83. The quantitative estimate of drug-likeness (QED) is 0.558. The zero-order chi connectivity index (χ0) is 17.1. The molecule has 0 saturated carbocycles. The molecule has 0 aliphatic heterocycles. The molecule has 1 heterocycles. The van der Waals surface area contributed by atoms with E-state index < -0.39 is 5.97 Å². The Hall–Kier alpha value is -2.37. The minimum Gasteiger partial charge on any atom is -0.478 e. The summed E-state index contributed by atoms with van der Waals surface area (Å²) in [5.74, 6) is 0.313. The van der Waals surface area contributed by atoms with Crippen LogP contribution in [0.1, 0.15) is 16.1 Å². The van der Waals surface area contributed by atoms with Gasteiger partial charge in [0.2, 0.25) is 0 Å². The number of carboxylic acid groups (broad SMARTS) is 1. The van der Waals surface area contributed by atoms with Gasteiger partial charge in [0, 0.05) is 10.0 Å². The normalized spacial score (nSPS) is 11.1. The number of rotatable bonds is 4. The lowest BCUT2D eigenvalue weighted by atomic mass is 10.2. The van der Waals surface area contributed by atoms with Crippen molar-refractivity contribution in [2.45, 2.75) is 0 Å². The molecule has 0 fully saturated rings. The predicted molar refractivity (Wildman–Crippen MR) is 97.5 cm³/mol. The van der Waals surface area contributed by atoms with Crippen molar-refractivity contribution in [3.8, 4) is 11.3 Å². The van der Waals surface area contributed by atoms with Crippen LogP contribution >= 0.6 is 27.5 Å². The second-order valence-corrected chi connectivity index (χ2v) is 6.20. The average Bonchev–Trinajstić information content (AvgIpc) is 3.05. The Balaban J connectivity index is 1.78. The fourth-order valence-corrected chi connectivity index (χ4v) is 2.48. The molecule has 3 aromatic rings. The first kappa shape index (κ1) is 16.5. The van der Waals surface area contributed by atoms with Gasteiger partial charge >= 0.3 is 5.97 Å². The minimum atomic E-state index is -0.964. The zero-order valence-electron chi connectivity index (χ0n) is 12.2. The van der Waals surface area contributed by atoms with Crippen LogP contribution < -0.4 is 0 Å². The Labute approximate surface area is 151 Å². The standard InChI is InChI=1S/C18H11BrClNO3/c19-15-7-3-12(9-16(15)20)17-8-6-14(24-17)10-21-13-4-1-11(2-5-13)18(22)23/h1-10H,(H,22,23). The molecule has 0 bridgehead atoms. The van der Waals surface area contributed by atoms with Gasteiger partial charge in [-0.05, 0) is 64.5 Å². The summed E-state index contributed by atoms with van der Waals surface area (Å²) in [5, 5.41) is 9.47. The third-order valence-electron chi connectivity index (χ3n) is 3.29. The van der Waals surface area contributed by atoms with Crippen molar-refractivity contribution in [1.82, 2.24) is 0 Å². The van der Waals surface area contributed by atoms with Crippen LogP contribution in [0.3, 0.4) is 0 Å². The topological polar surface area (TPSA) is 62.8 Å². The van der Waals surface area contributed by atoms with E-state index in [1.165, 1.54) is 12.1 Å². The van der Waals surface area contributed by atoms with Crippen molar-refractivity contribution in [3.63, 3.8) is 0 Å². The van der Waals surface area contributed by atoms with Crippen LogP contribution in [0.2, 0.25) is 5.02 Å². The third kappa shape index (κ3) is 3.75. The van der Waals surface area contributed by atoms with Crippen molar-refractivity contribution in [1.29, 1.82) is 0 Å². The van der Waals surface area contributed by atoms with Gasteiger partial charge in [-0.3, -0.25) is 4.99 Å². The van der Waals surface area contributed by atoms with E-state index in [0.717, 1.165) is 10.0 Å². The molecule has 6 heteroatoms. The second-order valence-electron chi connectivity index (χ2n) is 4.94. The molecule has 1 aromatic heterocycles. The number of hydrogen-bond donors (Lipinski definition) is 1. The van der Waals surface area contributed by atoms with E-state index in [1.807, 2.05) is 24.3 Å². The lowest BCUT2D eigenvalue weighted by Gasteiger charge is -1.99. The SMILES string of the molecule is O=C(O)c1ccc(N=Cc2ccc(-c3ccc(Br)c(Cl)c3)o2)cc1. The van der Waals surface area contributed by atoms with E-state index >= 15 is 0 Å². The second kappa shape index (κ2) is 7.03. The zero-order valence-corrected chi connectivity index (χ0v) is 14.6. The highest BCUT2D eigenvalue weighted by molar-refractivity contribution is 9.10. The Morgan fingerprint density at radius 2 is 1.88 bits per heavy atom. The first-order valence-corrected chi connectivity index (χ1v) is 8.13. The summed E-state index contributed by atoms with van der Waals surface area (Å²) in [5.41, 5.74) is 1.74. The highest BCUT2D eigenvalue weighted by Crippen LogP contribution is 2.29. The van der Waals surface area contributed by atoms with E-state index in [0.29, 0.717) is 22.2 Å². The summed E-state index contributed by atoms with van der Waals surface area (Å²) in [7, 11) is 0. The van der Waals surface area contributed by atoms with Gasteiger partial charge in [0.15, 0.2) is 0 Å². The third-order valence-corrected chi connectivity index (χ3v) is 4.52. The summed E-state index contributed by atoms with van der Waals surface area (Å²) >= 11 is 9.44. The van der Waals surface area contributed by atoms with Crippen LogP contribution in [0.4, 0.5) is 5.69 Å². The molecule has 24 heavy (non-hydrogen) atoms. The van der Waals surface area contributed by atoms with Crippen molar-refractivity contribution in [3.05, 3.63) is 75.4 Å². The first-order chi connectivity index (χ1) is 11.5. The summed E-state index contributed by atoms with van der Waals surface area (Å²) in [6.45, 7) is 0. The Bertz CT molecular complexity index is 916. The summed E-state index contributed by atoms with van der Waals surface area (Å²) in [6.07, 6.45) is 1.58. The van der Waals surface area contributed by atoms with Crippen LogP contribution in [0, 0.1) is 0 Å². The van der Waals surface area contributed by atoms with Gasteiger partial charge in [-0.15, -0.1) is 0 Å². The van der Waals surface area contributed by atoms with E-state index in [-0.39, 0.29) is 5.56 Å². The highest BCUT2D eigenvalue weighted by Gasteiger charge is 2.06. The molecular weight excluding hydrogens is 394 g/mol. The maximum absolute atomic E-state index is 10.8. The first-order valence-electron chi connectivity index (χ1n) is 6.95. The molecule has 0 aliphatic carbocycles. The fourth-order valence-electron chi connectivity index (χ4n) is 2.05. The Morgan fingerprint density at radius 3 is 2.54 bits per heavy atom. The largest absolute Gasteiger partial charge is 0.478 e. The van der Waals surface area contributed by atoms with E-state index in [4.69, 9.17) is 21.1 Å². The number of carbonyl (C=O) groups is 1. The number of nitrogens with zero attached hydrogens (tertiary/aromatic N) is 1. The average molecular weight is 405 g/mol. The molecule has 0 saturated heterocycles. The monoisotopic (exact) mass is 403 g/mol. The number of halogens is 2. The predicted octanol–water partition coefficient (Wildman–Crippen LogP) is 5.81. The molecular formula is C18H11BrClNO3. The minimum absolute atomic E-state index is 0.223. The molecule has 2 aromatic carbocycles. The van der Waals surface area contributed by atoms with Gasteiger partial charge in [0.1, 0.15) is 11.5 Å². The van der Waals surface area contributed by atoms with Crippen LogP contribution in [-0.2, 0) is 0 Å². The van der Waals surface area contributed by atoms with Gasteiger partial charge < -0.3 is 9.52 Å². The van der Waals surface area contributed by atoms with E-state index in [2.05, 4.69) is 20.9 Å². The number of aromatic carboxylic acids is 1. The van der Waals surface area contributed by atoms with E-state index in [1.54, 1.807) is 24.4 Å². The maximum Gasteiger partial charge on any atom is 0.335 e. The molecule has 0 spiro atoms. The molecule has 0 atom stereocenters. The molecule has 1 N–H and O–H groups in total. The fraction of sp³-hybridized carbons (Fsp3) is 0. The molecule has 0 radical (unpaired) electrons. The number of aliphatic imine (C=N–C) groups is 1. The van der Waals surface area contributed by atoms with Crippen LogP contribution in [0.5, 0.6) is 0 Å². The van der Waals surface area contributed by atoms with Gasteiger partial charge in [-0.2, -0.15) is 0 Å². The lowest BCUT2D eigenvalue weighted by Crippen LogP contribution is -1.94. The highest BCUT2D eigenvalue weighted by atomic mass is 79.9. The number of furan rings is 1. The summed E-state index contributed by atoms with van der Waals surface area (Å²) in [4.78, 5) is 15.1.